The maximum atomic E-state index is 10.9. The molecule has 0 amide bonds. The van der Waals surface area contributed by atoms with Crippen molar-refractivity contribution in [2.24, 2.45) is 11.8 Å². The molecule has 2 bridgehead atoms. The van der Waals surface area contributed by atoms with Crippen LogP contribution in [0, 0.1) is 11.8 Å². The molecule has 3 unspecified atom stereocenters. The number of carboxylic acids is 1. The van der Waals surface area contributed by atoms with Crippen LogP contribution in [0.1, 0.15) is 32.1 Å². The molecule has 1 aliphatic heterocycles. The number of fused-ring (bicyclic) bond motifs is 2. The zero-order chi connectivity index (χ0) is 11.2. The number of nitrogens with one attached hydrogen (secondary N) is 2. The second kappa shape index (κ2) is 3.70. The van der Waals surface area contributed by atoms with E-state index in [0.717, 1.165) is 24.9 Å². The van der Waals surface area contributed by atoms with Gasteiger partial charge in [-0.1, -0.05) is 6.42 Å². The summed E-state index contributed by atoms with van der Waals surface area (Å²) in [6.45, 7) is 1.63. The van der Waals surface area contributed by atoms with Gasteiger partial charge in [0.1, 0.15) is 0 Å². The molecule has 1 heterocycles. The molecule has 1 saturated heterocycles. The highest BCUT2D eigenvalue weighted by Gasteiger charge is 2.46. The molecule has 3 fully saturated rings. The summed E-state index contributed by atoms with van der Waals surface area (Å²) in [6, 6.07) is 0.584. The van der Waals surface area contributed by atoms with E-state index in [1.807, 2.05) is 0 Å². The largest absolute Gasteiger partial charge is 0.481 e. The molecule has 2 saturated carbocycles. The fraction of sp³-hybridized carbons (Fsp3) is 0.917. The quantitative estimate of drug-likeness (QED) is 0.654. The maximum absolute atomic E-state index is 10.9. The lowest BCUT2D eigenvalue weighted by atomic mass is 9.85. The lowest BCUT2D eigenvalue weighted by Gasteiger charge is -2.45. The molecule has 4 nitrogen and oxygen atoms in total. The molecule has 0 aromatic carbocycles. The van der Waals surface area contributed by atoms with Gasteiger partial charge in [-0.15, -0.1) is 0 Å². The predicted molar refractivity (Wildman–Crippen MR) is 60.2 cm³/mol. The summed E-state index contributed by atoms with van der Waals surface area (Å²) in [5.74, 6) is 1.05. The van der Waals surface area contributed by atoms with Gasteiger partial charge in [-0.2, -0.15) is 0 Å². The van der Waals surface area contributed by atoms with Crippen LogP contribution in [0.15, 0.2) is 0 Å². The molecule has 0 aromatic heterocycles. The van der Waals surface area contributed by atoms with Crippen LogP contribution in [0.3, 0.4) is 0 Å². The van der Waals surface area contributed by atoms with Crippen molar-refractivity contribution < 1.29 is 9.90 Å². The molecular formula is C12H20N2O2. The first kappa shape index (κ1) is 10.5. The zero-order valence-electron chi connectivity index (χ0n) is 9.54. The van der Waals surface area contributed by atoms with Crippen LogP contribution < -0.4 is 10.6 Å². The number of carboxylic acid groups (broad SMARTS) is 1. The molecule has 3 aliphatic rings. The van der Waals surface area contributed by atoms with E-state index in [4.69, 9.17) is 5.11 Å². The van der Waals surface area contributed by atoms with Crippen LogP contribution in [0.25, 0.3) is 0 Å². The summed E-state index contributed by atoms with van der Waals surface area (Å²) in [5, 5.41) is 15.8. The van der Waals surface area contributed by atoms with Crippen LogP contribution in [-0.2, 0) is 4.79 Å². The van der Waals surface area contributed by atoms with Crippen molar-refractivity contribution >= 4 is 5.97 Å². The topological polar surface area (TPSA) is 61.4 Å². The van der Waals surface area contributed by atoms with Gasteiger partial charge < -0.3 is 15.7 Å². The van der Waals surface area contributed by atoms with Crippen molar-refractivity contribution in [2.75, 3.05) is 13.1 Å². The summed E-state index contributed by atoms with van der Waals surface area (Å²) < 4.78 is 0. The van der Waals surface area contributed by atoms with Crippen LogP contribution >= 0.6 is 0 Å². The Kier molecular flexibility index (Phi) is 2.44. The summed E-state index contributed by atoms with van der Waals surface area (Å²) in [5.41, 5.74) is -0.152. The standard InChI is InChI=1S/C12H20N2O2/c15-11(16)5-12(6-13-7-12)14-10-4-8-1-2-9(10)3-8/h8-10,13-14H,1-7H2,(H,15,16). The number of aliphatic carboxylic acids is 1. The third kappa shape index (κ3) is 1.74. The van der Waals surface area contributed by atoms with E-state index in [1.165, 1.54) is 25.7 Å². The third-order valence-electron chi connectivity index (χ3n) is 4.65. The summed E-state index contributed by atoms with van der Waals surface area (Å²) in [6.07, 6.45) is 5.64. The Morgan fingerprint density at radius 3 is 2.62 bits per heavy atom. The molecule has 90 valence electrons. The maximum Gasteiger partial charge on any atom is 0.305 e. The molecule has 4 heteroatoms. The highest BCUT2D eigenvalue weighted by Crippen LogP contribution is 2.45. The summed E-state index contributed by atoms with van der Waals surface area (Å²) >= 11 is 0. The number of carbonyl (C=O) groups is 1. The zero-order valence-corrected chi connectivity index (χ0v) is 9.54. The van der Waals surface area contributed by atoms with Gasteiger partial charge >= 0.3 is 5.97 Å². The van der Waals surface area contributed by atoms with Gasteiger partial charge in [0.15, 0.2) is 0 Å². The smallest absolute Gasteiger partial charge is 0.305 e. The van der Waals surface area contributed by atoms with Crippen molar-refractivity contribution in [3.8, 4) is 0 Å². The fourth-order valence-corrected chi connectivity index (χ4v) is 3.81. The number of rotatable bonds is 4. The molecule has 0 spiro atoms. The molecule has 3 rings (SSSR count). The van der Waals surface area contributed by atoms with Crippen LogP contribution in [0.5, 0.6) is 0 Å². The van der Waals surface area contributed by atoms with Gasteiger partial charge in [-0.05, 0) is 31.1 Å². The molecule has 16 heavy (non-hydrogen) atoms. The van der Waals surface area contributed by atoms with Gasteiger partial charge in [-0.3, -0.25) is 4.79 Å². The molecule has 0 aromatic rings. The third-order valence-corrected chi connectivity index (χ3v) is 4.65. The van der Waals surface area contributed by atoms with E-state index in [9.17, 15) is 4.79 Å². The van der Waals surface area contributed by atoms with E-state index in [0.29, 0.717) is 6.04 Å². The monoisotopic (exact) mass is 224 g/mol. The minimum Gasteiger partial charge on any atom is -0.481 e. The summed E-state index contributed by atoms with van der Waals surface area (Å²) in [7, 11) is 0. The van der Waals surface area contributed by atoms with Crippen molar-refractivity contribution in [3.05, 3.63) is 0 Å². The SMILES string of the molecule is O=C(O)CC1(NC2CC3CCC2C3)CNC1. The summed E-state index contributed by atoms with van der Waals surface area (Å²) in [4.78, 5) is 10.9. The molecule has 0 radical (unpaired) electrons. The van der Waals surface area contributed by atoms with Gasteiger partial charge in [0, 0.05) is 19.1 Å². The van der Waals surface area contributed by atoms with Crippen molar-refractivity contribution in [1.82, 2.24) is 10.6 Å². The second-order valence-electron chi connectivity index (χ2n) is 5.88. The van der Waals surface area contributed by atoms with Crippen molar-refractivity contribution in [3.63, 3.8) is 0 Å². The first-order chi connectivity index (χ1) is 7.67. The Morgan fingerprint density at radius 1 is 1.38 bits per heavy atom. The van der Waals surface area contributed by atoms with Crippen molar-refractivity contribution in [2.45, 2.75) is 43.7 Å². The average molecular weight is 224 g/mol. The highest BCUT2D eigenvalue weighted by atomic mass is 16.4. The fourth-order valence-electron chi connectivity index (χ4n) is 3.81. The van der Waals surface area contributed by atoms with Gasteiger partial charge in [-0.25, -0.2) is 0 Å². The Labute approximate surface area is 95.8 Å². The minimum atomic E-state index is -0.683. The van der Waals surface area contributed by atoms with Gasteiger partial charge in [0.25, 0.3) is 0 Å². The highest BCUT2D eigenvalue weighted by molar-refractivity contribution is 5.68. The van der Waals surface area contributed by atoms with E-state index >= 15 is 0 Å². The average Bonchev–Trinajstić information content (AvgIpc) is 2.74. The first-order valence-corrected chi connectivity index (χ1v) is 6.37. The Morgan fingerprint density at radius 2 is 2.19 bits per heavy atom. The van der Waals surface area contributed by atoms with E-state index in [1.54, 1.807) is 0 Å². The number of hydrogen-bond donors (Lipinski definition) is 3. The Bertz CT molecular complexity index is 301. The first-order valence-electron chi connectivity index (χ1n) is 6.37. The van der Waals surface area contributed by atoms with E-state index in [2.05, 4.69) is 10.6 Å². The minimum absolute atomic E-state index is 0.152. The Hall–Kier alpha value is -0.610. The normalized spacial score (nSPS) is 39.6. The lowest BCUT2D eigenvalue weighted by molar-refractivity contribution is -0.139. The molecule has 3 atom stereocenters. The van der Waals surface area contributed by atoms with Crippen LogP contribution in [-0.4, -0.2) is 35.7 Å². The predicted octanol–water partition coefficient (Wildman–Crippen LogP) is 0.581. The van der Waals surface area contributed by atoms with E-state index in [-0.39, 0.29) is 12.0 Å². The van der Waals surface area contributed by atoms with Crippen LogP contribution in [0.2, 0.25) is 0 Å². The number of hydrogen-bond acceptors (Lipinski definition) is 3. The molecular weight excluding hydrogens is 204 g/mol. The van der Waals surface area contributed by atoms with Crippen LogP contribution in [0.4, 0.5) is 0 Å². The van der Waals surface area contributed by atoms with Crippen molar-refractivity contribution in [1.29, 1.82) is 0 Å². The second-order valence-corrected chi connectivity index (χ2v) is 5.88. The lowest BCUT2D eigenvalue weighted by Crippen LogP contribution is -2.70. The Balaban J connectivity index is 1.62. The molecule has 3 N–H and O–H groups in total. The molecule has 2 aliphatic carbocycles. The van der Waals surface area contributed by atoms with Gasteiger partial charge in [0.2, 0.25) is 0 Å². The van der Waals surface area contributed by atoms with Gasteiger partial charge in [0.05, 0.1) is 12.0 Å². The van der Waals surface area contributed by atoms with E-state index < -0.39 is 5.97 Å².